The summed E-state index contributed by atoms with van der Waals surface area (Å²) in [6.45, 7) is 2.87. The number of hydrogen-bond acceptors (Lipinski definition) is 2. The van der Waals surface area contributed by atoms with Crippen LogP contribution >= 0.6 is 15.9 Å². The Balaban J connectivity index is 1.99. The number of aryl methyl sites for hydroxylation is 1. The van der Waals surface area contributed by atoms with Crippen molar-refractivity contribution in [2.24, 2.45) is 7.05 Å². The van der Waals surface area contributed by atoms with Crippen molar-refractivity contribution in [3.63, 3.8) is 0 Å². The van der Waals surface area contributed by atoms with E-state index >= 15 is 0 Å². The third-order valence-corrected chi connectivity index (χ3v) is 3.16. The fourth-order valence-corrected chi connectivity index (χ4v) is 2.45. The molecule has 4 heteroatoms. The standard InChI is InChI=1S/C14H18BrN3/c1-17-9-7-14(16-17)12-18(10-8-15)11-13-5-3-2-4-6-13/h2-7,9H,8,10-12H2,1H3. The Morgan fingerprint density at radius 1 is 1.17 bits per heavy atom. The monoisotopic (exact) mass is 307 g/mol. The first kappa shape index (κ1) is 13.3. The summed E-state index contributed by atoms with van der Waals surface area (Å²) in [5.74, 6) is 0. The fourth-order valence-electron chi connectivity index (χ4n) is 1.95. The van der Waals surface area contributed by atoms with E-state index < -0.39 is 0 Å². The predicted octanol–water partition coefficient (Wildman–Crippen LogP) is 2.82. The van der Waals surface area contributed by atoms with Crippen LogP contribution in [0.25, 0.3) is 0 Å². The molecule has 96 valence electrons. The first-order valence-electron chi connectivity index (χ1n) is 6.08. The topological polar surface area (TPSA) is 21.1 Å². The molecule has 18 heavy (non-hydrogen) atoms. The van der Waals surface area contributed by atoms with E-state index in [0.29, 0.717) is 0 Å². The molecule has 1 aromatic carbocycles. The zero-order valence-electron chi connectivity index (χ0n) is 10.6. The molecule has 2 rings (SSSR count). The largest absolute Gasteiger partial charge is 0.292 e. The van der Waals surface area contributed by atoms with Gasteiger partial charge in [-0.05, 0) is 11.6 Å². The number of benzene rings is 1. The van der Waals surface area contributed by atoms with Gasteiger partial charge in [0.05, 0.1) is 5.69 Å². The van der Waals surface area contributed by atoms with Crippen molar-refractivity contribution in [3.05, 3.63) is 53.9 Å². The van der Waals surface area contributed by atoms with Crippen LogP contribution in [-0.2, 0) is 20.1 Å². The minimum Gasteiger partial charge on any atom is -0.292 e. The molecule has 0 aliphatic rings. The lowest BCUT2D eigenvalue weighted by atomic mass is 10.2. The molecule has 1 aromatic heterocycles. The Morgan fingerprint density at radius 2 is 1.94 bits per heavy atom. The van der Waals surface area contributed by atoms with Gasteiger partial charge < -0.3 is 0 Å². The second-order valence-corrected chi connectivity index (χ2v) is 5.16. The van der Waals surface area contributed by atoms with E-state index in [-0.39, 0.29) is 0 Å². The molecule has 1 heterocycles. The van der Waals surface area contributed by atoms with E-state index in [9.17, 15) is 0 Å². The summed E-state index contributed by atoms with van der Waals surface area (Å²) in [4.78, 5) is 2.40. The summed E-state index contributed by atoms with van der Waals surface area (Å²) in [5.41, 5.74) is 2.46. The van der Waals surface area contributed by atoms with Gasteiger partial charge in [0, 0.05) is 38.2 Å². The van der Waals surface area contributed by atoms with Crippen LogP contribution in [-0.4, -0.2) is 26.6 Å². The number of aromatic nitrogens is 2. The molecular formula is C14H18BrN3. The molecule has 3 nitrogen and oxygen atoms in total. The number of alkyl halides is 1. The Bertz CT molecular complexity index is 467. The molecular weight excluding hydrogens is 290 g/mol. The van der Waals surface area contributed by atoms with Crippen molar-refractivity contribution in [2.75, 3.05) is 11.9 Å². The van der Waals surface area contributed by atoms with Gasteiger partial charge in [-0.15, -0.1) is 0 Å². The van der Waals surface area contributed by atoms with Gasteiger partial charge in [0.15, 0.2) is 0 Å². The van der Waals surface area contributed by atoms with Gasteiger partial charge in [-0.25, -0.2) is 0 Å². The van der Waals surface area contributed by atoms with Gasteiger partial charge in [-0.2, -0.15) is 5.10 Å². The number of hydrogen-bond donors (Lipinski definition) is 0. The van der Waals surface area contributed by atoms with Gasteiger partial charge in [0.1, 0.15) is 0 Å². The Hall–Kier alpha value is -1.13. The normalized spacial score (nSPS) is 11.1. The molecule has 0 saturated carbocycles. The fraction of sp³-hybridized carbons (Fsp3) is 0.357. The van der Waals surface area contributed by atoms with Crippen LogP contribution in [0.1, 0.15) is 11.3 Å². The zero-order chi connectivity index (χ0) is 12.8. The van der Waals surface area contributed by atoms with Crippen molar-refractivity contribution in [2.45, 2.75) is 13.1 Å². The van der Waals surface area contributed by atoms with Crippen molar-refractivity contribution in [3.8, 4) is 0 Å². The minimum absolute atomic E-state index is 0.890. The first-order valence-corrected chi connectivity index (χ1v) is 7.21. The van der Waals surface area contributed by atoms with Crippen LogP contribution in [0.15, 0.2) is 42.6 Å². The summed E-state index contributed by atoms with van der Waals surface area (Å²) in [6.07, 6.45) is 1.99. The van der Waals surface area contributed by atoms with Crippen molar-refractivity contribution >= 4 is 15.9 Å². The smallest absolute Gasteiger partial charge is 0.0764 e. The molecule has 0 aliphatic heterocycles. The number of rotatable bonds is 6. The number of nitrogens with zero attached hydrogens (tertiary/aromatic N) is 3. The molecule has 0 N–H and O–H groups in total. The Morgan fingerprint density at radius 3 is 2.56 bits per heavy atom. The van der Waals surface area contributed by atoms with Crippen LogP contribution < -0.4 is 0 Å². The highest BCUT2D eigenvalue weighted by Gasteiger charge is 2.08. The Kier molecular flexibility index (Phi) is 4.96. The van der Waals surface area contributed by atoms with E-state index in [2.05, 4.69) is 62.3 Å². The molecule has 0 unspecified atom stereocenters. The molecule has 0 saturated heterocycles. The average Bonchev–Trinajstić information content (AvgIpc) is 2.76. The van der Waals surface area contributed by atoms with E-state index in [1.165, 1.54) is 5.56 Å². The quantitative estimate of drug-likeness (QED) is 0.765. The maximum Gasteiger partial charge on any atom is 0.0764 e. The summed E-state index contributed by atoms with van der Waals surface area (Å²) < 4.78 is 1.85. The van der Waals surface area contributed by atoms with Crippen LogP contribution in [0, 0.1) is 0 Å². The second kappa shape index (κ2) is 6.71. The lowest BCUT2D eigenvalue weighted by Crippen LogP contribution is -2.25. The van der Waals surface area contributed by atoms with Crippen LogP contribution in [0.2, 0.25) is 0 Å². The third-order valence-electron chi connectivity index (χ3n) is 2.80. The maximum absolute atomic E-state index is 4.43. The molecule has 0 fully saturated rings. The molecule has 0 bridgehead atoms. The van der Waals surface area contributed by atoms with Crippen LogP contribution in [0.3, 0.4) is 0 Å². The lowest BCUT2D eigenvalue weighted by molar-refractivity contribution is 0.270. The lowest BCUT2D eigenvalue weighted by Gasteiger charge is -2.20. The molecule has 0 amide bonds. The summed E-state index contributed by atoms with van der Waals surface area (Å²) in [5, 5.41) is 5.41. The van der Waals surface area contributed by atoms with E-state index in [0.717, 1.165) is 30.7 Å². The van der Waals surface area contributed by atoms with Crippen molar-refractivity contribution < 1.29 is 0 Å². The summed E-state index contributed by atoms with van der Waals surface area (Å²) in [6, 6.07) is 12.6. The highest BCUT2D eigenvalue weighted by atomic mass is 79.9. The van der Waals surface area contributed by atoms with Gasteiger partial charge in [0.25, 0.3) is 0 Å². The zero-order valence-corrected chi connectivity index (χ0v) is 12.2. The van der Waals surface area contributed by atoms with Crippen LogP contribution in [0.5, 0.6) is 0 Å². The molecule has 0 spiro atoms. The molecule has 0 aliphatic carbocycles. The third kappa shape index (κ3) is 3.96. The molecule has 0 radical (unpaired) electrons. The predicted molar refractivity (Wildman–Crippen MR) is 77.6 cm³/mol. The molecule has 0 atom stereocenters. The maximum atomic E-state index is 4.43. The highest BCUT2D eigenvalue weighted by molar-refractivity contribution is 9.09. The summed E-state index contributed by atoms with van der Waals surface area (Å²) >= 11 is 3.51. The SMILES string of the molecule is Cn1ccc(CN(CCBr)Cc2ccccc2)n1. The second-order valence-electron chi connectivity index (χ2n) is 4.37. The highest BCUT2D eigenvalue weighted by Crippen LogP contribution is 2.08. The average molecular weight is 308 g/mol. The Labute approximate surface area is 117 Å². The number of halogens is 1. The van der Waals surface area contributed by atoms with Gasteiger partial charge in [-0.1, -0.05) is 46.3 Å². The summed E-state index contributed by atoms with van der Waals surface area (Å²) in [7, 11) is 1.95. The van der Waals surface area contributed by atoms with Crippen molar-refractivity contribution in [1.29, 1.82) is 0 Å². The van der Waals surface area contributed by atoms with E-state index in [1.807, 2.05) is 17.9 Å². The van der Waals surface area contributed by atoms with E-state index in [4.69, 9.17) is 0 Å². The first-order chi connectivity index (χ1) is 8.78. The molecule has 2 aromatic rings. The van der Waals surface area contributed by atoms with Gasteiger partial charge >= 0.3 is 0 Å². The van der Waals surface area contributed by atoms with Gasteiger partial charge in [0.2, 0.25) is 0 Å². The van der Waals surface area contributed by atoms with E-state index in [1.54, 1.807) is 0 Å². The van der Waals surface area contributed by atoms with Crippen molar-refractivity contribution in [1.82, 2.24) is 14.7 Å². The van der Waals surface area contributed by atoms with Gasteiger partial charge in [-0.3, -0.25) is 9.58 Å². The minimum atomic E-state index is 0.890. The van der Waals surface area contributed by atoms with Crippen LogP contribution in [0.4, 0.5) is 0 Å².